The van der Waals surface area contributed by atoms with Crippen molar-refractivity contribution < 1.29 is 4.79 Å². The number of rotatable bonds is 3. The van der Waals surface area contributed by atoms with Crippen LogP contribution in [-0.4, -0.2) is 5.78 Å². The first-order chi connectivity index (χ1) is 3.68. The van der Waals surface area contributed by atoms with Gasteiger partial charge in [0.05, 0.1) is 0 Å². The molecule has 1 heteroatoms. The first-order valence-corrected chi connectivity index (χ1v) is 3.19. The lowest BCUT2D eigenvalue weighted by Crippen LogP contribution is -2.04. The van der Waals surface area contributed by atoms with Crippen LogP contribution in [0.3, 0.4) is 0 Å². The Morgan fingerprint density at radius 2 is 2.00 bits per heavy atom. The first-order valence-electron chi connectivity index (χ1n) is 3.19. The Labute approximate surface area is 58.5 Å². The highest BCUT2D eigenvalue weighted by molar-refractivity contribution is 5.77. The van der Waals surface area contributed by atoms with Gasteiger partial charge in [0.2, 0.25) is 0 Å². The lowest BCUT2D eigenvalue weighted by atomic mass is 10.0. The molecule has 0 aromatic heterocycles. The number of carbonyl (C=O) groups is 1. The van der Waals surface area contributed by atoms with Crippen molar-refractivity contribution in [2.24, 2.45) is 5.92 Å². The minimum Gasteiger partial charge on any atom is -0.300 e. The lowest BCUT2D eigenvalue weighted by molar-refractivity contribution is -0.120. The van der Waals surface area contributed by atoms with E-state index in [0.29, 0.717) is 5.78 Å². The Kier molecular flexibility index (Phi) is 7.39. The highest BCUT2D eigenvalue weighted by Gasteiger charge is 2.03. The molecule has 1 unspecified atom stereocenters. The Morgan fingerprint density at radius 1 is 1.56 bits per heavy atom. The number of Topliss-reactive ketones (excluding diaryl/α,β-unsaturated/α-hetero) is 1. The van der Waals surface area contributed by atoms with Crippen LogP contribution < -0.4 is 0 Å². The molecular weight excluding hydrogens is 112 g/mol. The standard InChI is InChI=1S/C7H14O.CH4/c1-4-5-6(2)7(3)8;/h6H,4-5H2,1-3H3;1H4. The van der Waals surface area contributed by atoms with E-state index in [0.717, 1.165) is 12.8 Å². The highest BCUT2D eigenvalue weighted by Crippen LogP contribution is 2.04. The van der Waals surface area contributed by atoms with Gasteiger partial charge < -0.3 is 0 Å². The van der Waals surface area contributed by atoms with E-state index in [1.165, 1.54) is 0 Å². The van der Waals surface area contributed by atoms with Crippen molar-refractivity contribution in [1.29, 1.82) is 0 Å². The predicted octanol–water partition coefficient (Wildman–Crippen LogP) is 2.65. The van der Waals surface area contributed by atoms with Gasteiger partial charge in [-0.15, -0.1) is 0 Å². The number of carbonyl (C=O) groups excluding carboxylic acids is 1. The molecule has 1 atom stereocenters. The van der Waals surface area contributed by atoms with Crippen LogP contribution in [0.25, 0.3) is 0 Å². The maximum absolute atomic E-state index is 10.5. The van der Waals surface area contributed by atoms with Crippen molar-refractivity contribution in [3.63, 3.8) is 0 Å². The zero-order valence-corrected chi connectivity index (χ0v) is 5.90. The van der Waals surface area contributed by atoms with Crippen LogP contribution in [0.4, 0.5) is 0 Å². The normalized spacial score (nSPS) is 11.9. The van der Waals surface area contributed by atoms with Crippen LogP contribution in [0.2, 0.25) is 0 Å². The third-order valence-corrected chi connectivity index (χ3v) is 1.42. The summed E-state index contributed by atoms with van der Waals surface area (Å²) in [7, 11) is 0. The van der Waals surface area contributed by atoms with Gasteiger partial charge in [0.15, 0.2) is 0 Å². The Bertz CT molecular complexity index is 76.6. The maximum atomic E-state index is 10.5. The molecule has 0 aliphatic rings. The van der Waals surface area contributed by atoms with Crippen molar-refractivity contribution in [2.75, 3.05) is 0 Å². The summed E-state index contributed by atoms with van der Waals surface area (Å²) in [5.74, 6) is 0.590. The van der Waals surface area contributed by atoms with Crippen LogP contribution >= 0.6 is 0 Å². The van der Waals surface area contributed by atoms with Crippen molar-refractivity contribution in [1.82, 2.24) is 0 Å². The molecule has 0 aromatic carbocycles. The van der Waals surface area contributed by atoms with Gasteiger partial charge in [0.25, 0.3) is 0 Å². The van der Waals surface area contributed by atoms with Gasteiger partial charge in [0.1, 0.15) is 5.78 Å². The van der Waals surface area contributed by atoms with E-state index in [-0.39, 0.29) is 13.3 Å². The second-order valence-electron chi connectivity index (χ2n) is 2.30. The molecule has 9 heavy (non-hydrogen) atoms. The number of hydrogen-bond donors (Lipinski definition) is 0. The molecule has 0 saturated carbocycles. The average molecular weight is 130 g/mol. The fourth-order valence-corrected chi connectivity index (χ4v) is 0.636. The van der Waals surface area contributed by atoms with E-state index in [9.17, 15) is 4.79 Å². The zero-order chi connectivity index (χ0) is 6.57. The van der Waals surface area contributed by atoms with E-state index in [4.69, 9.17) is 0 Å². The first kappa shape index (κ1) is 11.5. The van der Waals surface area contributed by atoms with E-state index in [1.54, 1.807) is 6.92 Å². The molecule has 56 valence electrons. The summed E-state index contributed by atoms with van der Waals surface area (Å²) in [6.45, 7) is 5.73. The fourth-order valence-electron chi connectivity index (χ4n) is 0.636. The fraction of sp³-hybridized carbons (Fsp3) is 0.875. The molecule has 0 fully saturated rings. The molecule has 0 aromatic rings. The maximum Gasteiger partial charge on any atom is 0.132 e. The Morgan fingerprint density at radius 3 is 2.11 bits per heavy atom. The third-order valence-electron chi connectivity index (χ3n) is 1.42. The smallest absolute Gasteiger partial charge is 0.132 e. The average Bonchev–Trinajstić information content (AvgIpc) is 1.67. The van der Waals surface area contributed by atoms with E-state index in [1.807, 2.05) is 6.92 Å². The van der Waals surface area contributed by atoms with Gasteiger partial charge >= 0.3 is 0 Å². The number of ketones is 1. The predicted molar refractivity (Wildman–Crippen MR) is 41.5 cm³/mol. The molecule has 0 radical (unpaired) electrons. The number of hydrogen-bond acceptors (Lipinski definition) is 1. The molecule has 0 amide bonds. The largest absolute Gasteiger partial charge is 0.300 e. The van der Waals surface area contributed by atoms with Crippen molar-refractivity contribution in [3.05, 3.63) is 0 Å². The SMILES string of the molecule is C.CCCC(C)C(C)=O. The summed E-state index contributed by atoms with van der Waals surface area (Å²) in [6.07, 6.45) is 2.15. The van der Waals surface area contributed by atoms with Crippen LogP contribution in [0.15, 0.2) is 0 Å². The van der Waals surface area contributed by atoms with Gasteiger partial charge in [-0.2, -0.15) is 0 Å². The lowest BCUT2D eigenvalue weighted by Gasteiger charge is -2.01. The molecule has 0 spiro atoms. The summed E-state index contributed by atoms with van der Waals surface area (Å²) < 4.78 is 0. The molecule has 0 bridgehead atoms. The molecule has 0 saturated heterocycles. The van der Waals surface area contributed by atoms with E-state index in [2.05, 4.69) is 6.92 Å². The minimum atomic E-state index is 0. The van der Waals surface area contributed by atoms with Gasteiger partial charge in [-0.3, -0.25) is 4.79 Å². The molecule has 0 heterocycles. The van der Waals surface area contributed by atoms with Crippen molar-refractivity contribution in [3.8, 4) is 0 Å². The van der Waals surface area contributed by atoms with Crippen LogP contribution in [0.1, 0.15) is 41.0 Å². The van der Waals surface area contributed by atoms with Crippen LogP contribution in [0.5, 0.6) is 0 Å². The minimum absolute atomic E-state index is 0. The van der Waals surface area contributed by atoms with Gasteiger partial charge in [0, 0.05) is 5.92 Å². The summed E-state index contributed by atoms with van der Waals surface area (Å²) in [6, 6.07) is 0. The summed E-state index contributed by atoms with van der Waals surface area (Å²) >= 11 is 0. The summed E-state index contributed by atoms with van der Waals surface area (Å²) in [5, 5.41) is 0. The molecule has 0 N–H and O–H groups in total. The van der Waals surface area contributed by atoms with Crippen molar-refractivity contribution >= 4 is 5.78 Å². The van der Waals surface area contributed by atoms with Crippen molar-refractivity contribution in [2.45, 2.75) is 41.0 Å². The highest BCUT2D eigenvalue weighted by atomic mass is 16.1. The third kappa shape index (κ3) is 5.54. The van der Waals surface area contributed by atoms with E-state index < -0.39 is 0 Å². The van der Waals surface area contributed by atoms with E-state index >= 15 is 0 Å². The van der Waals surface area contributed by atoms with Crippen LogP contribution in [0, 0.1) is 5.92 Å². The summed E-state index contributed by atoms with van der Waals surface area (Å²) in [4.78, 5) is 10.5. The second kappa shape index (κ2) is 5.80. The monoisotopic (exact) mass is 130 g/mol. The molecule has 0 rings (SSSR count). The van der Waals surface area contributed by atoms with Gasteiger partial charge in [-0.1, -0.05) is 27.7 Å². The molecule has 0 aliphatic heterocycles. The second-order valence-corrected chi connectivity index (χ2v) is 2.30. The van der Waals surface area contributed by atoms with Crippen LogP contribution in [-0.2, 0) is 4.79 Å². The topological polar surface area (TPSA) is 17.1 Å². The Hall–Kier alpha value is -0.330. The Balaban J connectivity index is 0. The molecular formula is C8H18O. The molecule has 0 aliphatic carbocycles. The quantitative estimate of drug-likeness (QED) is 0.574. The zero-order valence-electron chi connectivity index (χ0n) is 5.90. The molecule has 1 nitrogen and oxygen atoms in total. The summed E-state index contributed by atoms with van der Waals surface area (Å²) in [5.41, 5.74) is 0. The van der Waals surface area contributed by atoms with Gasteiger partial charge in [-0.25, -0.2) is 0 Å². The van der Waals surface area contributed by atoms with Gasteiger partial charge in [-0.05, 0) is 13.3 Å².